The summed E-state index contributed by atoms with van der Waals surface area (Å²) < 4.78 is 0. The molecule has 0 aliphatic carbocycles. The summed E-state index contributed by atoms with van der Waals surface area (Å²) in [7, 11) is 0. The lowest BCUT2D eigenvalue weighted by molar-refractivity contribution is -0.201. The molecule has 22 heavy (non-hydrogen) atoms. The molecule has 3 nitrogen and oxygen atoms in total. The van der Waals surface area contributed by atoms with Gasteiger partial charge in [-0.15, -0.1) is 0 Å². The van der Waals surface area contributed by atoms with Crippen molar-refractivity contribution in [1.82, 2.24) is 9.80 Å². The fourth-order valence-electron chi connectivity index (χ4n) is 5.22. The first-order valence-corrected chi connectivity index (χ1v) is 8.66. The number of rotatable bonds is 4. The van der Waals surface area contributed by atoms with Crippen LogP contribution in [0.15, 0.2) is 30.3 Å². The van der Waals surface area contributed by atoms with Crippen molar-refractivity contribution in [2.75, 3.05) is 26.2 Å². The van der Waals surface area contributed by atoms with Crippen LogP contribution in [0.5, 0.6) is 0 Å². The predicted octanol–water partition coefficient (Wildman–Crippen LogP) is 3.08. The van der Waals surface area contributed by atoms with Crippen LogP contribution in [-0.4, -0.2) is 41.8 Å². The van der Waals surface area contributed by atoms with Gasteiger partial charge in [-0.2, -0.15) is 0 Å². The molecule has 4 bridgehead atoms. The van der Waals surface area contributed by atoms with Crippen molar-refractivity contribution >= 4 is 5.78 Å². The van der Waals surface area contributed by atoms with E-state index >= 15 is 0 Å². The Morgan fingerprint density at radius 2 is 1.73 bits per heavy atom. The Hall–Kier alpha value is -1.19. The Morgan fingerprint density at radius 3 is 2.32 bits per heavy atom. The molecule has 0 N–H and O–H groups in total. The monoisotopic (exact) mass is 298 g/mol. The molecule has 2 unspecified atom stereocenters. The molecule has 4 heterocycles. The molecule has 4 saturated heterocycles. The van der Waals surface area contributed by atoms with Gasteiger partial charge < -0.3 is 0 Å². The van der Waals surface area contributed by atoms with Crippen molar-refractivity contribution in [3.8, 4) is 0 Å². The summed E-state index contributed by atoms with van der Waals surface area (Å²) in [6.45, 7) is 8.18. The number of carbonyl (C=O) groups excluding carboxylic acids is 1. The maximum Gasteiger partial charge on any atom is 0.150 e. The van der Waals surface area contributed by atoms with Gasteiger partial charge in [0.2, 0.25) is 0 Å². The van der Waals surface area contributed by atoms with Gasteiger partial charge in [0.25, 0.3) is 0 Å². The van der Waals surface area contributed by atoms with Gasteiger partial charge in [0, 0.05) is 26.2 Å². The number of piperidine rings is 2. The fraction of sp³-hybridized carbons (Fsp3) is 0.632. The van der Waals surface area contributed by atoms with Gasteiger partial charge in [-0.1, -0.05) is 57.0 Å². The van der Waals surface area contributed by atoms with Gasteiger partial charge >= 0.3 is 0 Å². The van der Waals surface area contributed by atoms with E-state index < -0.39 is 0 Å². The second kappa shape index (κ2) is 4.90. The van der Waals surface area contributed by atoms with Crippen molar-refractivity contribution in [1.29, 1.82) is 0 Å². The van der Waals surface area contributed by atoms with E-state index in [9.17, 15) is 4.79 Å². The van der Waals surface area contributed by atoms with Crippen molar-refractivity contribution in [3.05, 3.63) is 35.9 Å². The molecule has 4 fully saturated rings. The van der Waals surface area contributed by atoms with E-state index in [0.717, 1.165) is 32.6 Å². The first-order valence-electron chi connectivity index (χ1n) is 8.66. The Balaban J connectivity index is 1.69. The van der Waals surface area contributed by atoms with E-state index in [1.54, 1.807) is 0 Å². The maximum absolute atomic E-state index is 13.1. The molecule has 5 rings (SSSR count). The number of nitrogens with zero attached hydrogens (tertiary/aromatic N) is 2. The Labute approximate surface area is 133 Å². The largest absolute Gasteiger partial charge is 0.298 e. The number of Topliss-reactive ketones (excluding diaryl/α,β-unsaturated/α-hetero) is 1. The minimum atomic E-state index is -0.157. The first kappa shape index (κ1) is 14.4. The van der Waals surface area contributed by atoms with Crippen LogP contribution >= 0.6 is 0 Å². The third kappa shape index (κ3) is 1.92. The average molecular weight is 298 g/mol. The molecule has 0 amide bonds. The van der Waals surface area contributed by atoms with Crippen LogP contribution < -0.4 is 0 Å². The average Bonchev–Trinajstić information content (AvgIpc) is 2.50. The van der Waals surface area contributed by atoms with Gasteiger partial charge in [0.05, 0.1) is 17.0 Å². The zero-order valence-electron chi connectivity index (χ0n) is 13.7. The molecule has 0 saturated carbocycles. The quantitative estimate of drug-likeness (QED) is 0.853. The maximum atomic E-state index is 13.1. The standard InChI is InChI=1S/C19H26N2O/c1-3-4-10-19-13-20-11-18(2,17(19)22)12-21(14-19)16(20)15-8-6-5-7-9-15/h5-9,16H,3-4,10-14H2,1-2H3. The highest BCUT2D eigenvalue weighted by Crippen LogP contribution is 2.53. The van der Waals surface area contributed by atoms with Crippen molar-refractivity contribution in [2.45, 2.75) is 39.3 Å². The van der Waals surface area contributed by atoms with E-state index in [2.05, 4.69) is 54.0 Å². The smallest absolute Gasteiger partial charge is 0.150 e. The molecule has 4 aliphatic heterocycles. The molecule has 2 atom stereocenters. The van der Waals surface area contributed by atoms with Crippen molar-refractivity contribution in [3.63, 3.8) is 0 Å². The summed E-state index contributed by atoms with van der Waals surface area (Å²) in [5.41, 5.74) is 1.12. The van der Waals surface area contributed by atoms with Crippen LogP contribution in [0.2, 0.25) is 0 Å². The molecule has 1 aromatic rings. The topological polar surface area (TPSA) is 23.6 Å². The number of benzene rings is 1. The van der Waals surface area contributed by atoms with E-state index in [0.29, 0.717) is 11.9 Å². The summed E-state index contributed by atoms with van der Waals surface area (Å²) in [5.74, 6) is 0.549. The van der Waals surface area contributed by atoms with Crippen LogP contribution in [0.4, 0.5) is 0 Å². The number of unbranched alkanes of at least 4 members (excludes halogenated alkanes) is 1. The van der Waals surface area contributed by atoms with E-state index in [1.807, 2.05) is 0 Å². The minimum absolute atomic E-state index is 0.105. The minimum Gasteiger partial charge on any atom is -0.298 e. The number of carbonyl (C=O) groups is 1. The van der Waals surface area contributed by atoms with Crippen LogP contribution in [0.25, 0.3) is 0 Å². The van der Waals surface area contributed by atoms with Crippen molar-refractivity contribution < 1.29 is 4.79 Å². The fourth-order valence-corrected chi connectivity index (χ4v) is 5.22. The molecule has 0 spiro atoms. The highest BCUT2D eigenvalue weighted by atomic mass is 16.1. The predicted molar refractivity (Wildman–Crippen MR) is 87.4 cm³/mol. The lowest BCUT2D eigenvalue weighted by atomic mass is 9.59. The second-order valence-corrected chi connectivity index (χ2v) is 7.87. The molecule has 3 heteroatoms. The van der Waals surface area contributed by atoms with Crippen LogP contribution in [-0.2, 0) is 4.79 Å². The lowest BCUT2D eigenvalue weighted by Gasteiger charge is -2.65. The molecule has 0 radical (unpaired) electrons. The summed E-state index contributed by atoms with van der Waals surface area (Å²) in [4.78, 5) is 18.3. The summed E-state index contributed by atoms with van der Waals surface area (Å²) in [6.07, 6.45) is 3.77. The highest BCUT2D eigenvalue weighted by Gasteiger charge is 2.63. The number of hydrogen-bond donors (Lipinski definition) is 0. The second-order valence-electron chi connectivity index (χ2n) is 7.87. The molecular formula is C19H26N2O. The van der Waals surface area contributed by atoms with Crippen LogP contribution in [0, 0.1) is 10.8 Å². The molecule has 118 valence electrons. The van der Waals surface area contributed by atoms with Crippen LogP contribution in [0.3, 0.4) is 0 Å². The van der Waals surface area contributed by atoms with Gasteiger partial charge in [-0.3, -0.25) is 14.6 Å². The highest BCUT2D eigenvalue weighted by molar-refractivity contribution is 5.93. The number of ketones is 1. The van der Waals surface area contributed by atoms with E-state index in [1.165, 1.54) is 18.4 Å². The zero-order chi connectivity index (χ0) is 15.4. The Kier molecular flexibility index (Phi) is 3.21. The summed E-state index contributed by atoms with van der Waals surface area (Å²) in [5, 5.41) is 0. The molecule has 4 aliphatic rings. The normalized spacial score (nSPS) is 42.8. The van der Waals surface area contributed by atoms with Crippen molar-refractivity contribution in [2.24, 2.45) is 10.8 Å². The third-order valence-electron chi connectivity index (χ3n) is 5.94. The zero-order valence-corrected chi connectivity index (χ0v) is 13.7. The van der Waals surface area contributed by atoms with Gasteiger partial charge in [-0.25, -0.2) is 0 Å². The summed E-state index contributed by atoms with van der Waals surface area (Å²) in [6, 6.07) is 10.8. The van der Waals surface area contributed by atoms with Crippen LogP contribution in [0.1, 0.15) is 44.8 Å². The Bertz CT molecular complexity index is 566. The Morgan fingerprint density at radius 1 is 1.09 bits per heavy atom. The first-order chi connectivity index (χ1) is 10.6. The molecule has 1 aromatic carbocycles. The van der Waals surface area contributed by atoms with E-state index in [4.69, 9.17) is 0 Å². The summed E-state index contributed by atoms with van der Waals surface area (Å²) >= 11 is 0. The van der Waals surface area contributed by atoms with Gasteiger partial charge in [-0.05, 0) is 12.0 Å². The van der Waals surface area contributed by atoms with Gasteiger partial charge in [0.15, 0.2) is 0 Å². The van der Waals surface area contributed by atoms with E-state index in [-0.39, 0.29) is 10.8 Å². The number of hydrogen-bond acceptors (Lipinski definition) is 3. The lowest BCUT2D eigenvalue weighted by Crippen LogP contribution is -2.76. The van der Waals surface area contributed by atoms with Gasteiger partial charge in [0.1, 0.15) is 5.78 Å². The molecule has 0 aromatic heterocycles. The SMILES string of the molecule is CCCCC12CN3CC(C)(CN(C1)C3c1ccccc1)C2=O. The molecular weight excluding hydrogens is 272 g/mol. The third-order valence-corrected chi connectivity index (χ3v) is 5.94.